The Kier molecular flexibility index (Phi) is 8.76. The van der Waals surface area contributed by atoms with E-state index in [1.165, 1.54) is 37.1 Å². The van der Waals surface area contributed by atoms with E-state index in [0.29, 0.717) is 17.8 Å². The van der Waals surface area contributed by atoms with Crippen LogP contribution in [-0.4, -0.2) is 23.9 Å². The van der Waals surface area contributed by atoms with Crippen molar-refractivity contribution in [3.63, 3.8) is 0 Å². The van der Waals surface area contributed by atoms with Crippen molar-refractivity contribution < 1.29 is 4.79 Å². The Balaban J connectivity index is 0.00000156. The predicted molar refractivity (Wildman–Crippen MR) is 107 cm³/mol. The van der Waals surface area contributed by atoms with Crippen LogP contribution in [0.15, 0.2) is 48.5 Å². The Bertz CT molecular complexity index is 688. The van der Waals surface area contributed by atoms with Crippen LogP contribution in [0.4, 0.5) is 5.69 Å². The molecule has 0 aromatic heterocycles. The van der Waals surface area contributed by atoms with Gasteiger partial charge in [-0.05, 0) is 55.3 Å². The molecule has 3 N–H and O–H groups in total. The second-order valence-corrected chi connectivity index (χ2v) is 6.06. The molecule has 1 aliphatic heterocycles. The number of rotatable bonds is 5. The first kappa shape index (κ1) is 21.3. The lowest BCUT2D eigenvalue weighted by molar-refractivity contribution is 0.0951. The number of benzene rings is 2. The first-order valence-electron chi connectivity index (χ1n) is 8.15. The molecule has 4 nitrogen and oxygen atoms in total. The fourth-order valence-corrected chi connectivity index (χ4v) is 3.02. The van der Waals surface area contributed by atoms with Crippen LogP contribution in [-0.2, 0) is 13.1 Å². The Morgan fingerprint density at radius 1 is 1.00 bits per heavy atom. The number of halogens is 2. The molecule has 0 unspecified atom stereocenters. The van der Waals surface area contributed by atoms with Crippen LogP contribution in [0.1, 0.15) is 34.3 Å². The fraction of sp³-hybridized carbons (Fsp3) is 0.316. The molecule has 25 heavy (non-hydrogen) atoms. The Morgan fingerprint density at radius 3 is 2.36 bits per heavy atom. The molecule has 1 aliphatic rings. The number of nitrogen functional groups attached to an aromatic ring is 1. The van der Waals surface area contributed by atoms with Gasteiger partial charge in [-0.3, -0.25) is 9.69 Å². The second-order valence-electron chi connectivity index (χ2n) is 6.06. The van der Waals surface area contributed by atoms with Gasteiger partial charge in [0.1, 0.15) is 0 Å². The van der Waals surface area contributed by atoms with Crippen LogP contribution < -0.4 is 11.1 Å². The van der Waals surface area contributed by atoms with Crippen LogP contribution in [0.3, 0.4) is 0 Å². The number of likely N-dealkylation sites (tertiary alicyclic amines) is 1. The van der Waals surface area contributed by atoms with Gasteiger partial charge >= 0.3 is 0 Å². The molecular weight excluding hydrogens is 357 g/mol. The molecule has 0 bridgehead atoms. The Hall–Kier alpha value is -1.75. The van der Waals surface area contributed by atoms with Crippen molar-refractivity contribution in [2.24, 2.45) is 0 Å². The van der Waals surface area contributed by atoms with Crippen LogP contribution in [0.2, 0.25) is 0 Å². The van der Waals surface area contributed by atoms with Crippen molar-refractivity contribution in [2.75, 3.05) is 18.8 Å². The van der Waals surface area contributed by atoms with Crippen molar-refractivity contribution in [2.45, 2.75) is 25.9 Å². The van der Waals surface area contributed by atoms with Gasteiger partial charge in [-0.15, -0.1) is 24.8 Å². The highest BCUT2D eigenvalue weighted by atomic mass is 35.5. The van der Waals surface area contributed by atoms with E-state index >= 15 is 0 Å². The van der Waals surface area contributed by atoms with Crippen molar-refractivity contribution in [3.05, 3.63) is 65.2 Å². The molecular formula is C19H25Cl2N3O. The molecule has 136 valence electrons. The smallest absolute Gasteiger partial charge is 0.251 e. The van der Waals surface area contributed by atoms with Crippen LogP contribution in [0, 0.1) is 0 Å². The molecule has 0 radical (unpaired) electrons. The van der Waals surface area contributed by atoms with Crippen molar-refractivity contribution in [1.82, 2.24) is 10.2 Å². The molecule has 0 saturated carbocycles. The maximum atomic E-state index is 12.2. The van der Waals surface area contributed by atoms with E-state index in [0.717, 1.165) is 6.54 Å². The number of hydrogen-bond donors (Lipinski definition) is 2. The number of nitrogens with zero attached hydrogens (tertiary/aromatic N) is 1. The maximum Gasteiger partial charge on any atom is 0.251 e. The quantitative estimate of drug-likeness (QED) is 0.777. The number of amides is 1. The first-order valence-corrected chi connectivity index (χ1v) is 8.15. The van der Waals surface area contributed by atoms with E-state index in [4.69, 9.17) is 5.73 Å². The number of carbonyl (C=O) groups excluding carboxylic acids is 1. The summed E-state index contributed by atoms with van der Waals surface area (Å²) < 4.78 is 0. The molecule has 0 spiro atoms. The highest BCUT2D eigenvalue weighted by molar-refractivity contribution is 5.94. The van der Waals surface area contributed by atoms with Gasteiger partial charge in [-0.2, -0.15) is 0 Å². The molecule has 0 aliphatic carbocycles. The minimum atomic E-state index is -0.0896. The number of nitrogens with two attached hydrogens (primary N) is 1. The third-order valence-corrected chi connectivity index (χ3v) is 4.30. The van der Waals surface area contributed by atoms with Crippen LogP contribution in [0.25, 0.3) is 0 Å². The lowest BCUT2D eigenvalue weighted by Gasteiger charge is -2.17. The van der Waals surface area contributed by atoms with E-state index in [9.17, 15) is 4.79 Å². The zero-order valence-electron chi connectivity index (χ0n) is 14.1. The van der Waals surface area contributed by atoms with E-state index in [-0.39, 0.29) is 30.7 Å². The van der Waals surface area contributed by atoms with Crippen molar-refractivity contribution in [3.8, 4) is 0 Å². The van der Waals surface area contributed by atoms with Crippen LogP contribution >= 0.6 is 24.8 Å². The summed E-state index contributed by atoms with van der Waals surface area (Å²) in [4.78, 5) is 14.7. The predicted octanol–water partition coefficient (Wildman–Crippen LogP) is 3.64. The van der Waals surface area contributed by atoms with Gasteiger partial charge in [-0.1, -0.05) is 30.3 Å². The average molecular weight is 382 g/mol. The monoisotopic (exact) mass is 381 g/mol. The Morgan fingerprint density at radius 2 is 1.68 bits per heavy atom. The van der Waals surface area contributed by atoms with Gasteiger partial charge in [-0.25, -0.2) is 0 Å². The number of anilines is 1. The average Bonchev–Trinajstić information content (AvgIpc) is 3.07. The molecule has 1 fully saturated rings. The number of nitrogens with one attached hydrogen (secondary N) is 1. The fourth-order valence-electron chi connectivity index (χ4n) is 3.02. The van der Waals surface area contributed by atoms with Crippen molar-refractivity contribution >= 4 is 36.4 Å². The van der Waals surface area contributed by atoms with Gasteiger partial charge in [0.25, 0.3) is 5.91 Å². The van der Waals surface area contributed by atoms with E-state index in [1.807, 2.05) is 6.07 Å². The lowest BCUT2D eigenvalue weighted by Crippen LogP contribution is -2.25. The van der Waals surface area contributed by atoms with Gasteiger partial charge in [0, 0.05) is 24.3 Å². The van der Waals surface area contributed by atoms with Gasteiger partial charge in [0.15, 0.2) is 0 Å². The summed E-state index contributed by atoms with van der Waals surface area (Å²) in [5.41, 5.74) is 9.41. The molecule has 1 heterocycles. The molecule has 1 saturated heterocycles. The highest BCUT2D eigenvalue weighted by Gasteiger charge is 2.14. The normalized spacial score (nSPS) is 13.6. The van der Waals surface area contributed by atoms with E-state index in [2.05, 4.69) is 28.4 Å². The third kappa shape index (κ3) is 5.92. The summed E-state index contributed by atoms with van der Waals surface area (Å²) in [5.74, 6) is -0.0896. The maximum absolute atomic E-state index is 12.2. The summed E-state index contributed by atoms with van der Waals surface area (Å²) in [7, 11) is 0. The molecule has 6 heteroatoms. The Labute approximate surface area is 161 Å². The first-order chi connectivity index (χ1) is 11.2. The minimum absolute atomic E-state index is 0. The van der Waals surface area contributed by atoms with Gasteiger partial charge in [0.2, 0.25) is 0 Å². The zero-order valence-corrected chi connectivity index (χ0v) is 15.7. The topological polar surface area (TPSA) is 58.4 Å². The molecule has 2 aromatic carbocycles. The number of carbonyl (C=O) groups is 1. The summed E-state index contributed by atoms with van der Waals surface area (Å²) in [6.45, 7) is 3.84. The molecule has 2 aromatic rings. The molecule has 1 amide bonds. The van der Waals surface area contributed by atoms with Gasteiger partial charge in [0.05, 0.1) is 0 Å². The summed E-state index contributed by atoms with van der Waals surface area (Å²) in [6, 6.07) is 15.4. The minimum Gasteiger partial charge on any atom is -0.399 e. The van der Waals surface area contributed by atoms with Gasteiger partial charge < -0.3 is 11.1 Å². The molecule has 0 atom stereocenters. The highest BCUT2D eigenvalue weighted by Crippen LogP contribution is 2.16. The zero-order chi connectivity index (χ0) is 16.1. The number of hydrogen-bond acceptors (Lipinski definition) is 3. The van der Waals surface area contributed by atoms with Crippen molar-refractivity contribution in [1.29, 1.82) is 0 Å². The summed E-state index contributed by atoms with van der Waals surface area (Å²) >= 11 is 0. The molecule has 3 rings (SSSR count). The van der Waals surface area contributed by atoms with E-state index < -0.39 is 0 Å². The lowest BCUT2D eigenvalue weighted by atomic mass is 10.1. The third-order valence-electron chi connectivity index (χ3n) is 4.30. The van der Waals surface area contributed by atoms with E-state index in [1.54, 1.807) is 24.3 Å². The standard InChI is InChI=1S/C19H23N3O.2ClH/c20-18-9-5-8-15(12-18)19(23)21-13-16-6-1-2-7-17(16)14-22-10-3-4-11-22;;/h1-2,5-9,12H,3-4,10-11,13-14,20H2,(H,21,23);2*1H. The summed E-state index contributed by atoms with van der Waals surface area (Å²) in [5, 5.41) is 2.99. The SMILES string of the molecule is Cl.Cl.Nc1cccc(C(=O)NCc2ccccc2CN2CCCC2)c1. The second kappa shape index (κ2) is 10.3. The summed E-state index contributed by atoms with van der Waals surface area (Å²) in [6.07, 6.45) is 2.57. The van der Waals surface area contributed by atoms with Crippen LogP contribution in [0.5, 0.6) is 0 Å². The largest absolute Gasteiger partial charge is 0.399 e.